The maximum atomic E-state index is 13.2. The van der Waals surface area contributed by atoms with Gasteiger partial charge in [0, 0.05) is 24.5 Å². The normalized spacial score (nSPS) is 12.0. The van der Waals surface area contributed by atoms with Crippen molar-refractivity contribution in [3.05, 3.63) is 212 Å². The van der Waals surface area contributed by atoms with Gasteiger partial charge in [-0.2, -0.15) is 0 Å². The first-order valence-electron chi connectivity index (χ1n) is 33.2. The molecule has 0 heterocycles. The van der Waals surface area contributed by atoms with Crippen molar-refractivity contribution >= 4 is 63.5 Å². The molecule has 1 unspecified atom stereocenters. The van der Waals surface area contributed by atoms with Crippen LogP contribution >= 0.6 is 31.9 Å². The van der Waals surface area contributed by atoms with Crippen LogP contribution in [0.25, 0.3) is 0 Å². The van der Waals surface area contributed by atoms with Crippen LogP contribution in [0, 0.1) is 0 Å². The SMILES string of the molecule is CC(=O)OC/C=C(\C)CBr.CC(=O)OC/C=C(\C)CC(/C=C(\C)CCC=C(C)C)S(=O)(=O)c1ccccc1.CC(C)=CC/C=C(\C)CCC/C(C)=C/CO.CC(C)=CCBr.CC(C)=CCC/C(C)=C/CC/C(C)=C/CO.CC(C)=CCO.CC(C)=CCS(=O)(=O)c1ccccc1. The largest absolute Gasteiger partial charge is 0.462 e. The number of aliphatic hydroxyl groups excluding tert-OH is 3. The van der Waals surface area contributed by atoms with E-state index in [9.17, 15) is 26.4 Å². The van der Waals surface area contributed by atoms with Crippen LogP contribution in [0.4, 0.5) is 0 Å². The first kappa shape index (κ1) is 99.4. The molecule has 96 heavy (non-hydrogen) atoms. The molecule has 0 aliphatic rings. The molecule has 11 nitrogen and oxygen atoms in total. The van der Waals surface area contributed by atoms with E-state index >= 15 is 0 Å². The molecule has 0 aliphatic carbocycles. The molecule has 0 saturated heterocycles. The maximum Gasteiger partial charge on any atom is 0.302 e. The summed E-state index contributed by atoms with van der Waals surface area (Å²) in [6, 6.07) is 17.0. The van der Waals surface area contributed by atoms with Gasteiger partial charge in [0.05, 0.1) is 40.6 Å². The molecule has 0 fully saturated rings. The zero-order valence-electron chi connectivity index (χ0n) is 63.0. The first-order valence-corrected chi connectivity index (χ1v) is 38.6. The summed E-state index contributed by atoms with van der Waals surface area (Å²) in [5, 5.41) is 26.7. The van der Waals surface area contributed by atoms with Gasteiger partial charge in [-0.05, 0) is 239 Å². The fraction of sp³-hybridized carbons (Fsp3) is 0.506. The standard InChI is InChI=1S/C23H32O4S.2C15H26O.C11H14O2S.C7H11BrO2.C5H9Br.C5H10O/c1-18(2)10-9-11-19(3)16-23(17-20(4)14-15-27-21(5)24)28(25,26)22-12-7-6-8-13-22;2*1-13(2)7-5-8-14(3)9-6-10-15(4)11-12-16;1-10(2)8-9-14(12,13)11-6-4-3-5-7-11;1-6(5-8)3-4-10-7(2)9;2*1-5(2)3-4-6/h6-8,10,12-14,16,23H,9,11,15,17H2,1-5H3;7,9,11,16H,5-6,8,10,12H2,1-4H3;7-8,11,16H,5-6,9-10,12H2,1-4H3;3-8H,9H2,1-2H3;3H,4-5H2,1-2H3;3H,4H2,1-2H3;3,6H,4H2,1-2H3/b19-16+,20-14+;14-9+,15-11+;14-8+,15-11+;;6-3+;;. The van der Waals surface area contributed by atoms with E-state index in [1.807, 2.05) is 72.8 Å². The monoisotopic (exact) mass is 1500 g/mol. The average molecular weight is 1500 g/mol. The zero-order valence-corrected chi connectivity index (χ0v) is 67.8. The number of benzene rings is 2. The Hall–Kier alpha value is -5.26. The van der Waals surface area contributed by atoms with Gasteiger partial charge in [-0.25, -0.2) is 16.8 Å². The highest BCUT2D eigenvalue weighted by atomic mass is 79.9. The van der Waals surface area contributed by atoms with Crippen molar-refractivity contribution < 1.29 is 51.2 Å². The molecule has 2 rings (SSSR count). The van der Waals surface area contributed by atoms with Crippen LogP contribution in [0.2, 0.25) is 0 Å². The van der Waals surface area contributed by atoms with Crippen LogP contribution in [-0.4, -0.2) is 98.8 Å². The lowest BCUT2D eigenvalue weighted by Crippen LogP contribution is -2.20. The van der Waals surface area contributed by atoms with Crippen molar-refractivity contribution in [3.63, 3.8) is 0 Å². The lowest BCUT2D eigenvalue weighted by molar-refractivity contribution is -0.140. The Morgan fingerprint density at radius 2 is 0.781 bits per heavy atom. The number of ether oxygens (including phenoxy) is 2. The molecule has 15 heteroatoms. The molecule has 0 saturated carbocycles. The van der Waals surface area contributed by atoms with Gasteiger partial charge >= 0.3 is 11.9 Å². The highest BCUT2D eigenvalue weighted by Gasteiger charge is 2.26. The molecular weight excluding hydrogens is 1370 g/mol. The molecule has 544 valence electrons. The van der Waals surface area contributed by atoms with Crippen LogP contribution in [-0.2, 0) is 38.7 Å². The van der Waals surface area contributed by atoms with Gasteiger partial charge in [-0.1, -0.05) is 208 Å². The summed E-state index contributed by atoms with van der Waals surface area (Å²) in [5.41, 5.74) is 16.2. The maximum absolute atomic E-state index is 13.2. The van der Waals surface area contributed by atoms with Crippen LogP contribution < -0.4 is 0 Å². The van der Waals surface area contributed by atoms with Crippen LogP contribution in [0.5, 0.6) is 0 Å². The Morgan fingerprint density at radius 1 is 0.406 bits per heavy atom. The van der Waals surface area contributed by atoms with E-state index in [2.05, 4.69) is 156 Å². The number of halogens is 2. The predicted octanol–water partition coefficient (Wildman–Crippen LogP) is 21.8. The fourth-order valence-electron chi connectivity index (χ4n) is 7.42. The van der Waals surface area contributed by atoms with Gasteiger partial charge in [0.15, 0.2) is 19.7 Å². The van der Waals surface area contributed by atoms with Crippen molar-refractivity contribution in [1.29, 1.82) is 0 Å². The van der Waals surface area contributed by atoms with Crippen molar-refractivity contribution in [2.45, 2.75) is 231 Å². The highest BCUT2D eigenvalue weighted by Crippen LogP contribution is 2.25. The summed E-state index contributed by atoms with van der Waals surface area (Å²) in [6.45, 7) is 42.7. The summed E-state index contributed by atoms with van der Waals surface area (Å²) >= 11 is 6.55. The Morgan fingerprint density at radius 3 is 1.16 bits per heavy atom. The van der Waals surface area contributed by atoms with Crippen molar-refractivity contribution in [2.75, 3.05) is 49.4 Å². The zero-order chi connectivity index (χ0) is 74.5. The van der Waals surface area contributed by atoms with Crippen molar-refractivity contribution in [3.8, 4) is 0 Å². The smallest absolute Gasteiger partial charge is 0.302 e. The Balaban J connectivity index is -0.000000356. The molecule has 0 aromatic heterocycles. The number of carbonyl (C=O) groups is 2. The lowest BCUT2D eigenvalue weighted by Gasteiger charge is -2.16. The Labute approximate surface area is 603 Å². The van der Waals surface area contributed by atoms with E-state index in [0.29, 0.717) is 22.8 Å². The number of alkyl halides is 2. The van der Waals surface area contributed by atoms with Gasteiger partial charge in [0.25, 0.3) is 0 Å². The minimum atomic E-state index is -3.51. The van der Waals surface area contributed by atoms with Gasteiger partial charge < -0.3 is 24.8 Å². The molecule has 0 spiro atoms. The van der Waals surface area contributed by atoms with Crippen LogP contribution in [0.3, 0.4) is 0 Å². The van der Waals surface area contributed by atoms with Gasteiger partial charge in [0.2, 0.25) is 0 Å². The summed E-state index contributed by atoms with van der Waals surface area (Å²) in [5.74, 6) is -0.509. The number of allylic oxidation sites excluding steroid dienone is 19. The molecule has 2 aromatic carbocycles. The lowest BCUT2D eigenvalue weighted by atomic mass is 10.0. The molecule has 0 bridgehead atoms. The minimum Gasteiger partial charge on any atom is -0.462 e. The third kappa shape index (κ3) is 70.1. The molecule has 1 atom stereocenters. The second kappa shape index (κ2) is 64.4. The molecule has 0 amide bonds. The number of rotatable bonds is 32. The number of carbonyl (C=O) groups excluding carboxylic acids is 2. The van der Waals surface area contributed by atoms with Gasteiger partial charge in [0.1, 0.15) is 13.2 Å². The number of sulfone groups is 2. The summed E-state index contributed by atoms with van der Waals surface area (Å²) < 4.78 is 59.4. The average Bonchev–Trinajstić information content (AvgIpc) is 0.924. The van der Waals surface area contributed by atoms with E-state index < -0.39 is 24.9 Å². The highest BCUT2D eigenvalue weighted by molar-refractivity contribution is 9.09. The molecule has 0 aliphatic heterocycles. The quantitative estimate of drug-likeness (QED) is 0.0360. The topological polar surface area (TPSA) is 182 Å². The summed E-state index contributed by atoms with van der Waals surface area (Å²) in [6.07, 6.45) is 37.2. The third-order valence-electron chi connectivity index (χ3n) is 13.1. The van der Waals surface area contributed by atoms with Crippen molar-refractivity contribution in [1.82, 2.24) is 0 Å². The second-order valence-corrected chi connectivity index (χ2v) is 30.3. The minimum absolute atomic E-state index is 0.0827. The molecule has 0 radical (unpaired) electrons. The predicted molar refractivity (Wildman–Crippen MR) is 422 cm³/mol. The van der Waals surface area contributed by atoms with E-state index in [1.165, 1.54) is 70.4 Å². The Kier molecular flexibility index (Phi) is 66.7. The van der Waals surface area contributed by atoms with E-state index in [0.717, 1.165) is 90.7 Å². The van der Waals surface area contributed by atoms with Crippen LogP contribution in [0.15, 0.2) is 222 Å². The number of aliphatic hydroxyl groups is 3. The van der Waals surface area contributed by atoms with Crippen molar-refractivity contribution in [2.24, 2.45) is 0 Å². The Bertz CT molecular complexity index is 3030. The number of hydrogen-bond donors (Lipinski definition) is 3. The van der Waals surface area contributed by atoms with E-state index in [-0.39, 0.29) is 44.1 Å². The molecule has 2 aromatic rings. The fourth-order valence-corrected chi connectivity index (χ4v) is 11.4. The molecular formula is C81H128Br2O11S2. The summed E-state index contributed by atoms with van der Waals surface area (Å²) in [4.78, 5) is 21.9. The second-order valence-electron chi connectivity index (χ2n) is 24.8. The van der Waals surface area contributed by atoms with E-state index in [4.69, 9.17) is 20.1 Å². The first-order chi connectivity index (χ1) is 45.0. The molecule has 3 N–H and O–H groups in total. The van der Waals surface area contributed by atoms with E-state index in [1.54, 1.807) is 78.9 Å². The third-order valence-corrected chi connectivity index (χ3v) is 18.0. The summed E-state index contributed by atoms with van der Waals surface area (Å²) in [7, 11) is -6.65. The number of esters is 2. The van der Waals surface area contributed by atoms with Gasteiger partial charge in [-0.3, -0.25) is 9.59 Å². The van der Waals surface area contributed by atoms with Crippen LogP contribution in [0.1, 0.15) is 216 Å². The van der Waals surface area contributed by atoms with Gasteiger partial charge in [-0.15, -0.1) is 0 Å². The number of hydrogen-bond acceptors (Lipinski definition) is 11.